The third-order valence-electron chi connectivity index (χ3n) is 3.53. The minimum absolute atomic E-state index is 0.0945. The van der Waals surface area contributed by atoms with Crippen LogP contribution in [0.5, 0.6) is 0 Å². The number of fused-ring (bicyclic) bond motifs is 1. The van der Waals surface area contributed by atoms with E-state index in [-0.39, 0.29) is 11.9 Å². The average Bonchev–Trinajstić information content (AvgIpc) is 2.92. The van der Waals surface area contributed by atoms with Crippen LogP contribution in [0.25, 0.3) is 11.0 Å². The zero-order valence-electron chi connectivity index (χ0n) is 12.1. The van der Waals surface area contributed by atoms with E-state index in [9.17, 15) is 4.79 Å². The molecule has 0 bridgehead atoms. The van der Waals surface area contributed by atoms with Crippen molar-refractivity contribution < 1.29 is 9.21 Å². The van der Waals surface area contributed by atoms with Gasteiger partial charge in [-0.15, -0.1) is 0 Å². The normalized spacial score (nSPS) is 12.3. The Morgan fingerprint density at radius 3 is 2.52 bits per heavy atom. The molecule has 0 saturated heterocycles. The Labute approximate surface area is 123 Å². The van der Waals surface area contributed by atoms with E-state index in [2.05, 4.69) is 5.32 Å². The maximum absolute atomic E-state index is 12.2. The first-order valence-corrected chi connectivity index (χ1v) is 6.99. The topological polar surface area (TPSA) is 42.2 Å². The van der Waals surface area contributed by atoms with Crippen LogP contribution in [0.1, 0.15) is 34.6 Å². The lowest BCUT2D eigenvalue weighted by Crippen LogP contribution is -2.26. The number of carbonyl (C=O) groups excluding carboxylic acids is 1. The lowest BCUT2D eigenvalue weighted by molar-refractivity contribution is 0.0935. The predicted molar refractivity (Wildman–Crippen MR) is 83.3 cm³/mol. The molecule has 0 unspecified atom stereocenters. The number of hydrogen-bond acceptors (Lipinski definition) is 2. The van der Waals surface area contributed by atoms with Gasteiger partial charge in [0.2, 0.25) is 0 Å². The summed E-state index contributed by atoms with van der Waals surface area (Å²) in [6, 6.07) is 17.1. The van der Waals surface area contributed by atoms with Crippen LogP contribution in [0.3, 0.4) is 0 Å². The molecule has 1 heterocycles. The predicted octanol–water partition coefficient (Wildman–Crippen LogP) is 4.23. The van der Waals surface area contributed by atoms with Gasteiger partial charge in [0.05, 0.1) is 6.04 Å². The summed E-state index contributed by atoms with van der Waals surface area (Å²) < 4.78 is 5.77. The second-order valence-corrected chi connectivity index (χ2v) is 5.25. The van der Waals surface area contributed by atoms with Gasteiger partial charge in [-0.1, -0.05) is 35.9 Å². The molecule has 0 radical (unpaired) electrons. The molecule has 0 aliphatic heterocycles. The summed E-state index contributed by atoms with van der Waals surface area (Å²) in [5.41, 5.74) is 2.63. The Kier molecular flexibility index (Phi) is 3.48. The van der Waals surface area contributed by atoms with E-state index in [1.165, 1.54) is 0 Å². The molecule has 2 aromatic carbocycles. The summed E-state index contributed by atoms with van der Waals surface area (Å²) in [4.78, 5) is 12.2. The summed E-state index contributed by atoms with van der Waals surface area (Å²) in [5.74, 6) is 0.666. The van der Waals surface area contributed by atoms with Gasteiger partial charge in [0.15, 0.2) is 0 Å². The molecule has 0 fully saturated rings. The van der Waals surface area contributed by atoms with Crippen molar-refractivity contribution in [3.8, 4) is 0 Å². The minimum Gasteiger partial charge on any atom is -0.459 e. The number of para-hydroxylation sites is 1. The quantitative estimate of drug-likeness (QED) is 0.779. The monoisotopic (exact) mass is 279 g/mol. The van der Waals surface area contributed by atoms with Crippen molar-refractivity contribution in [1.82, 2.24) is 5.32 Å². The molecule has 106 valence electrons. The van der Waals surface area contributed by atoms with Crippen molar-refractivity contribution in [2.45, 2.75) is 19.9 Å². The highest BCUT2D eigenvalue weighted by Gasteiger charge is 2.15. The first-order chi connectivity index (χ1) is 10.1. The van der Waals surface area contributed by atoms with E-state index in [1.54, 1.807) is 0 Å². The molecule has 21 heavy (non-hydrogen) atoms. The molecule has 1 aromatic heterocycles. The zero-order chi connectivity index (χ0) is 14.8. The Hall–Kier alpha value is -2.55. The van der Waals surface area contributed by atoms with Crippen molar-refractivity contribution in [2.75, 3.05) is 0 Å². The highest BCUT2D eigenvalue weighted by atomic mass is 16.3. The van der Waals surface area contributed by atoms with Crippen molar-refractivity contribution >= 4 is 16.9 Å². The molecule has 0 saturated carbocycles. The molecular weight excluding hydrogens is 262 g/mol. The fraction of sp³-hybridized carbons (Fsp3) is 0.167. The minimum atomic E-state index is -0.175. The second-order valence-electron chi connectivity index (χ2n) is 5.25. The maximum Gasteiger partial charge on any atom is 0.251 e. The molecular formula is C18H17NO2. The Morgan fingerprint density at radius 2 is 1.81 bits per heavy atom. The summed E-state index contributed by atoms with van der Waals surface area (Å²) in [6.07, 6.45) is 0. The molecule has 0 spiro atoms. The van der Waals surface area contributed by atoms with Gasteiger partial charge in [-0.2, -0.15) is 0 Å². The average molecular weight is 279 g/mol. The Balaban J connectivity index is 1.77. The number of hydrogen-bond donors (Lipinski definition) is 1. The molecule has 3 heteroatoms. The number of aryl methyl sites for hydroxylation is 1. The summed E-state index contributed by atoms with van der Waals surface area (Å²) in [5, 5.41) is 4.01. The van der Waals surface area contributed by atoms with Crippen LogP contribution in [0.4, 0.5) is 0 Å². The Morgan fingerprint density at radius 1 is 1.10 bits per heavy atom. The summed E-state index contributed by atoms with van der Waals surface area (Å²) in [7, 11) is 0. The van der Waals surface area contributed by atoms with E-state index in [0.29, 0.717) is 5.56 Å². The van der Waals surface area contributed by atoms with E-state index in [1.807, 2.05) is 68.4 Å². The number of rotatable bonds is 3. The van der Waals surface area contributed by atoms with E-state index >= 15 is 0 Å². The van der Waals surface area contributed by atoms with Gasteiger partial charge in [0.1, 0.15) is 11.3 Å². The third kappa shape index (κ3) is 2.82. The highest BCUT2D eigenvalue weighted by molar-refractivity contribution is 5.94. The van der Waals surface area contributed by atoms with E-state index in [4.69, 9.17) is 4.42 Å². The van der Waals surface area contributed by atoms with Crippen molar-refractivity contribution in [2.24, 2.45) is 0 Å². The summed E-state index contributed by atoms with van der Waals surface area (Å²) in [6.45, 7) is 3.92. The number of nitrogens with one attached hydrogen (secondary N) is 1. The third-order valence-corrected chi connectivity index (χ3v) is 3.53. The van der Waals surface area contributed by atoms with Crippen LogP contribution in [0.15, 0.2) is 59.0 Å². The van der Waals surface area contributed by atoms with Gasteiger partial charge in [0, 0.05) is 10.9 Å². The van der Waals surface area contributed by atoms with Crippen LogP contribution in [0, 0.1) is 6.92 Å². The Bertz CT molecular complexity index is 738. The number of furan rings is 1. The lowest BCUT2D eigenvalue weighted by Gasteiger charge is -2.11. The van der Waals surface area contributed by atoms with Crippen molar-refractivity contribution in [3.63, 3.8) is 0 Å². The number of carbonyl (C=O) groups is 1. The van der Waals surface area contributed by atoms with Gasteiger partial charge >= 0.3 is 0 Å². The molecule has 3 rings (SSSR count). The number of amides is 1. The van der Waals surface area contributed by atoms with Crippen LogP contribution < -0.4 is 5.32 Å². The first kappa shape index (κ1) is 13.4. The van der Waals surface area contributed by atoms with Crippen LogP contribution >= 0.6 is 0 Å². The molecule has 1 atom stereocenters. The zero-order valence-corrected chi connectivity index (χ0v) is 12.1. The molecule has 1 N–H and O–H groups in total. The first-order valence-electron chi connectivity index (χ1n) is 6.99. The van der Waals surface area contributed by atoms with Gasteiger partial charge in [-0.25, -0.2) is 0 Å². The lowest BCUT2D eigenvalue weighted by atomic mass is 10.1. The van der Waals surface area contributed by atoms with E-state index in [0.717, 1.165) is 22.3 Å². The summed E-state index contributed by atoms with van der Waals surface area (Å²) >= 11 is 0. The van der Waals surface area contributed by atoms with Crippen molar-refractivity contribution in [3.05, 3.63) is 71.5 Å². The van der Waals surface area contributed by atoms with E-state index < -0.39 is 0 Å². The molecule has 3 aromatic rings. The van der Waals surface area contributed by atoms with Crippen LogP contribution in [-0.4, -0.2) is 5.91 Å². The maximum atomic E-state index is 12.2. The molecule has 3 nitrogen and oxygen atoms in total. The van der Waals surface area contributed by atoms with Gasteiger partial charge in [-0.05, 0) is 38.1 Å². The van der Waals surface area contributed by atoms with Gasteiger partial charge in [0.25, 0.3) is 5.91 Å². The van der Waals surface area contributed by atoms with Crippen LogP contribution in [-0.2, 0) is 0 Å². The highest BCUT2D eigenvalue weighted by Crippen LogP contribution is 2.23. The number of benzene rings is 2. The molecule has 0 aliphatic rings. The largest absolute Gasteiger partial charge is 0.459 e. The standard InChI is InChI=1S/C18H17NO2/c1-12-7-9-14(10-8-12)18(20)19-13(2)17-11-15-5-3-4-6-16(15)21-17/h3-11,13H,1-2H3,(H,19,20)/t13-/m1/s1. The van der Waals surface area contributed by atoms with Gasteiger partial charge in [-0.3, -0.25) is 4.79 Å². The fourth-order valence-electron chi connectivity index (χ4n) is 2.27. The van der Waals surface area contributed by atoms with Crippen LogP contribution in [0.2, 0.25) is 0 Å². The molecule has 1 amide bonds. The molecule has 0 aliphatic carbocycles. The second kappa shape index (κ2) is 5.44. The van der Waals surface area contributed by atoms with Crippen molar-refractivity contribution in [1.29, 1.82) is 0 Å². The fourth-order valence-corrected chi connectivity index (χ4v) is 2.27. The SMILES string of the molecule is Cc1ccc(C(=O)N[C@H](C)c2cc3ccccc3o2)cc1. The smallest absolute Gasteiger partial charge is 0.251 e. The van der Waals surface area contributed by atoms with Gasteiger partial charge < -0.3 is 9.73 Å².